The van der Waals surface area contributed by atoms with Crippen molar-refractivity contribution in [3.8, 4) is 0 Å². The lowest BCUT2D eigenvalue weighted by molar-refractivity contribution is -0.142. The SMILES string of the molecule is Nc1c(Cl)cc(C[C@@H](OC(=O)N2CCC(N3CCc4ccccc4NC3=O)CC2)C(=O)N2CCC(N3CCN(CC(=O)O)CC3)CC2)cc1C(F)(F)F. The van der Waals surface area contributed by atoms with E-state index in [-0.39, 0.29) is 54.8 Å². The van der Waals surface area contributed by atoms with Crippen molar-refractivity contribution in [1.29, 1.82) is 0 Å². The molecule has 17 heteroatoms. The van der Waals surface area contributed by atoms with Crippen LogP contribution in [0.4, 0.5) is 34.1 Å². The highest BCUT2D eigenvalue weighted by atomic mass is 35.5. The van der Waals surface area contributed by atoms with E-state index in [1.807, 2.05) is 29.2 Å². The molecule has 4 N–H and O–H groups in total. The summed E-state index contributed by atoms with van der Waals surface area (Å²) in [5.41, 5.74) is 5.76. The number of rotatable bonds is 8. The van der Waals surface area contributed by atoms with E-state index in [4.69, 9.17) is 27.2 Å². The molecule has 0 saturated carbocycles. The quantitative estimate of drug-likeness (QED) is 0.336. The number of urea groups is 1. The number of ether oxygens (including phenoxy) is 1. The number of hydrogen-bond donors (Lipinski definition) is 3. The van der Waals surface area contributed by atoms with E-state index in [1.54, 1.807) is 9.80 Å². The van der Waals surface area contributed by atoms with Crippen molar-refractivity contribution < 1.29 is 42.2 Å². The number of nitrogens with two attached hydrogens (primary N) is 1. The molecule has 0 aromatic heterocycles. The third-order valence-corrected chi connectivity index (χ3v) is 11.1. The van der Waals surface area contributed by atoms with Crippen LogP contribution in [0.25, 0.3) is 0 Å². The third kappa shape index (κ3) is 9.27. The summed E-state index contributed by atoms with van der Waals surface area (Å²) in [6, 6.07) is 9.59. The summed E-state index contributed by atoms with van der Waals surface area (Å²) in [4.78, 5) is 60.8. The van der Waals surface area contributed by atoms with Crippen molar-refractivity contribution in [3.63, 3.8) is 0 Å². The molecular formula is C36H45ClF3N7O6. The van der Waals surface area contributed by atoms with Gasteiger partial charge < -0.3 is 35.6 Å². The van der Waals surface area contributed by atoms with Crippen LogP contribution in [-0.2, 0) is 33.3 Å². The minimum absolute atomic E-state index is 0.00651. The van der Waals surface area contributed by atoms with Gasteiger partial charge in [0.25, 0.3) is 5.91 Å². The van der Waals surface area contributed by atoms with Gasteiger partial charge in [0.2, 0.25) is 0 Å². The predicted octanol–water partition coefficient (Wildman–Crippen LogP) is 4.24. The zero-order chi connectivity index (χ0) is 37.9. The number of anilines is 2. The van der Waals surface area contributed by atoms with E-state index >= 15 is 0 Å². The standard InChI is InChI=1S/C36H45ClF3N7O6/c37-28-20-23(19-27(32(28)41)36(38,39)40)21-30(33(50)45-10-6-25(7-11-45)44-17-15-43(16-18-44)22-31(48)49)53-35(52)46-12-8-26(9-13-46)47-14-5-24-3-1-2-4-29(24)42-34(47)51/h1-4,19-20,25-26,30H,5-18,21-22,41H2,(H,42,51)(H,48,49)/t30-/m1/s1. The smallest absolute Gasteiger partial charge is 0.418 e. The number of hydrogen-bond acceptors (Lipinski definition) is 8. The van der Waals surface area contributed by atoms with Crippen LogP contribution in [0, 0.1) is 0 Å². The van der Waals surface area contributed by atoms with Gasteiger partial charge in [0.05, 0.1) is 22.8 Å². The summed E-state index contributed by atoms with van der Waals surface area (Å²) in [7, 11) is 0. The number of alkyl halides is 3. The molecule has 4 aliphatic rings. The van der Waals surface area contributed by atoms with Gasteiger partial charge >= 0.3 is 24.3 Å². The molecule has 0 bridgehead atoms. The number of nitrogens with one attached hydrogen (secondary N) is 1. The molecule has 4 amide bonds. The van der Waals surface area contributed by atoms with Gasteiger partial charge in [-0.2, -0.15) is 13.2 Å². The van der Waals surface area contributed by atoms with E-state index in [0.29, 0.717) is 77.9 Å². The van der Waals surface area contributed by atoms with Gasteiger partial charge in [-0.05, 0) is 61.4 Å². The number of piperazine rings is 1. The Balaban J connectivity index is 1.10. The number of carbonyl (C=O) groups is 4. The highest BCUT2D eigenvalue weighted by Gasteiger charge is 2.38. The van der Waals surface area contributed by atoms with Crippen molar-refractivity contribution in [1.82, 2.24) is 24.5 Å². The number of fused-ring (bicyclic) bond motifs is 1. The van der Waals surface area contributed by atoms with Crippen LogP contribution in [0.1, 0.15) is 42.4 Å². The van der Waals surface area contributed by atoms with E-state index in [0.717, 1.165) is 17.3 Å². The predicted molar refractivity (Wildman–Crippen MR) is 191 cm³/mol. The number of carboxylic acids is 1. The fourth-order valence-corrected chi connectivity index (χ4v) is 8.09. The summed E-state index contributed by atoms with van der Waals surface area (Å²) in [5.74, 6) is -1.38. The Morgan fingerprint density at radius 1 is 0.925 bits per heavy atom. The van der Waals surface area contributed by atoms with Crippen LogP contribution in [0.15, 0.2) is 36.4 Å². The third-order valence-electron chi connectivity index (χ3n) is 10.8. The molecule has 2 aromatic rings. The largest absolute Gasteiger partial charge is 0.480 e. The van der Waals surface area contributed by atoms with Gasteiger partial charge in [0, 0.05) is 83.1 Å². The zero-order valence-corrected chi connectivity index (χ0v) is 30.1. The maximum Gasteiger partial charge on any atom is 0.418 e. The zero-order valence-electron chi connectivity index (χ0n) is 29.3. The van der Waals surface area contributed by atoms with Crippen LogP contribution in [0.5, 0.6) is 0 Å². The number of likely N-dealkylation sites (tertiary alicyclic amines) is 2. The molecule has 0 aliphatic carbocycles. The lowest BCUT2D eigenvalue weighted by Gasteiger charge is -2.43. The van der Waals surface area contributed by atoms with Gasteiger partial charge in [-0.3, -0.25) is 19.4 Å². The summed E-state index contributed by atoms with van der Waals surface area (Å²) in [6.07, 6.45) is -4.39. The van der Waals surface area contributed by atoms with Crippen molar-refractivity contribution in [2.45, 2.75) is 62.9 Å². The molecule has 53 heavy (non-hydrogen) atoms. The summed E-state index contributed by atoms with van der Waals surface area (Å²) in [6.45, 7) is 4.43. The van der Waals surface area contributed by atoms with Crippen LogP contribution in [0.2, 0.25) is 5.02 Å². The number of para-hydroxylation sites is 1. The summed E-state index contributed by atoms with van der Waals surface area (Å²) < 4.78 is 47.3. The first-order chi connectivity index (χ1) is 25.3. The normalized spacial score (nSPS) is 20.4. The molecule has 0 spiro atoms. The maximum atomic E-state index is 14.0. The summed E-state index contributed by atoms with van der Waals surface area (Å²) in [5, 5.41) is 11.8. The van der Waals surface area contributed by atoms with Crippen LogP contribution in [-0.4, -0.2) is 137 Å². The van der Waals surface area contributed by atoms with Gasteiger partial charge in [-0.25, -0.2) is 9.59 Å². The Kier molecular flexibility index (Phi) is 11.9. The van der Waals surface area contributed by atoms with E-state index < -0.39 is 41.5 Å². The van der Waals surface area contributed by atoms with Crippen molar-refractivity contribution in [2.75, 3.05) is 76.5 Å². The molecule has 4 aliphatic heterocycles. The van der Waals surface area contributed by atoms with Gasteiger partial charge in [-0.1, -0.05) is 29.8 Å². The molecule has 3 fully saturated rings. The number of aliphatic carboxylic acids is 1. The Labute approximate surface area is 310 Å². The molecule has 3 saturated heterocycles. The Morgan fingerprint density at radius 2 is 1.57 bits per heavy atom. The first kappa shape index (κ1) is 38.4. The first-order valence-corrected chi connectivity index (χ1v) is 18.4. The minimum atomic E-state index is -4.79. The fourth-order valence-electron chi connectivity index (χ4n) is 7.85. The number of halogens is 4. The second-order valence-corrected chi connectivity index (χ2v) is 14.5. The topological polar surface area (TPSA) is 152 Å². The monoisotopic (exact) mass is 763 g/mol. The molecule has 0 unspecified atom stereocenters. The molecule has 2 aromatic carbocycles. The minimum Gasteiger partial charge on any atom is -0.480 e. The lowest BCUT2D eigenvalue weighted by Crippen LogP contribution is -2.55. The first-order valence-electron chi connectivity index (χ1n) is 18.0. The molecule has 6 rings (SSSR count). The number of carbonyl (C=O) groups excluding carboxylic acids is 3. The Hall–Kier alpha value is -4.28. The number of carboxylic acid groups (broad SMARTS) is 1. The molecule has 288 valence electrons. The Morgan fingerprint density at radius 3 is 2.23 bits per heavy atom. The van der Waals surface area contributed by atoms with Gasteiger partial charge in [0.15, 0.2) is 6.10 Å². The summed E-state index contributed by atoms with van der Waals surface area (Å²) >= 11 is 6.11. The van der Waals surface area contributed by atoms with E-state index in [9.17, 15) is 32.3 Å². The highest BCUT2D eigenvalue weighted by molar-refractivity contribution is 6.33. The van der Waals surface area contributed by atoms with Gasteiger partial charge in [0.1, 0.15) is 0 Å². The van der Waals surface area contributed by atoms with Crippen molar-refractivity contribution in [3.05, 3.63) is 58.1 Å². The highest BCUT2D eigenvalue weighted by Crippen LogP contribution is 2.38. The number of nitrogen functional groups attached to an aromatic ring is 1. The second kappa shape index (κ2) is 16.4. The molecule has 0 radical (unpaired) electrons. The average Bonchev–Trinajstić information content (AvgIpc) is 3.30. The molecule has 1 atom stereocenters. The number of amides is 4. The number of piperidine rings is 2. The van der Waals surface area contributed by atoms with Gasteiger partial charge in [-0.15, -0.1) is 0 Å². The Bertz CT molecular complexity index is 1680. The average molecular weight is 764 g/mol. The van der Waals surface area contributed by atoms with Crippen LogP contribution < -0.4 is 11.1 Å². The number of benzene rings is 2. The molecule has 4 heterocycles. The van der Waals surface area contributed by atoms with E-state index in [1.165, 1.54) is 11.0 Å². The molecular weight excluding hydrogens is 719 g/mol. The number of nitrogens with zero attached hydrogens (tertiary/aromatic N) is 5. The van der Waals surface area contributed by atoms with Crippen LogP contribution in [0.3, 0.4) is 0 Å². The van der Waals surface area contributed by atoms with Crippen molar-refractivity contribution in [2.24, 2.45) is 0 Å². The van der Waals surface area contributed by atoms with Crippen molar-refractivity contribution >= 4 is 47.0 Å². The second-order valence-electron chi connectivity index (χ2n) is 14.1. The fraction of sp³-hybridized carbons (Fsp3) is 0.556. The maximum absolute atomic E-state index is 14.0. The molecule has 13 nitrogen and oxygen atoms in total. The van der Waals surface area contributed by atoms with Crippen LogP contribution >= 0.6 is 11.6 Å². The lowest BCUT2D eigenvalue weighted by atomic mass is 9.99. The van der Waals surface area contributed by atoms with E-state index in [2.05, 4.69) is 10.2 Å².